The number of pyridine rings is 1. The summed E-state index contributed by atoms with van der Waals surface area (Å²) >= 11 is 15.1. The van der Waals surface area contributed by atoms with Crippen molar-refractivity contribution in [2.75, 3.05) is 5.32 Å². The van der Waals surface area contributed by atoms with Gasteiger partial charge >= 0.3 is 0 Å². The molecule has 0 saturated carbocycles. The third kappa shape index (κ3) is 2.88. The second-order valence-corrected chi connectivity index (χ2v) is 4.88. The van der Waals surface area contributed by atoms with Crippen LogP contribution in [0.25, 0.3) is 0 Å². The molecule has 2 aromatic rings. The summed E-state index contributed by atoms with van der Waals surface area (Å²) in [6, 6.07) is 9.12. The third-order valence-corrected chi connectivity index (χ3v) is 2.89. The molecule has 0 bridgehead atoms. The number of hydrogen-bond acceptors (Lipinski definition) is 2. The summed E-state index contributed by atoms with van der Waals surface area (Å²) < 4.78 is 0.846. The number of aromatic nitrogens is 1. The van der Waals surface area contributed by atoms with E-state index >= 15 is 0 Å². The lowest BCUT2D eigenvalue weighted by Gasteiger charge is -2.07. The molecule has 1 aromatic heterocycles. The van der Waals surface area contributed by atoms with E-state index in [1.807, 2.05) is 12.1 Å². The van der Waals surface area contributed by atoms with E-state index in [9.17, 15) is 0 Å². The number of halogens is 3. The molecule has 0 amide bonds. The second-order valence-electron chi connectivity index (χ2n) is 3.12. The summed E-state index contributed by atoms with van der Waals surface area (Å²) in [7, 11) is 0. The van der Waals surface area contributed by atoms with E-state index in [2.05, 4.69) is 26.2 Å². The van der Waals surface area contributed by atoms with Gasteiger partial charge in [-0.3, -0.25) is 0 Å². The van der Waals surface area contributed by atoms with Gasteiger partial charge in [0.2, 0.25) is 0 Å². The average molecular weight is 318 g/mol. The first-order chi connectivity index (χ1) is 7.65. The highest BCUT2D eigenvalue weighted by atomic mass is 79.9. The molecule has 1 N–H and O–H groups in total. The van der Waals surface area contributed by atoms with Gasteiger partial charge in [-0.2, -0.15) is 0 Å². The Labute approximate surface area is 112 Å². The van der Waals surface area contributed by atoms with Crippen molar-refractivity contribution >= 4 is 50.6 Å². The Bertz CT molecular complexity index is 500. The number of hydrogen-bond donors (Lipinski definition) is 1. The molecule has 16 heavy (non-hydrogen) atoms. The van der Waals surface area contributed by atoms with Crippen LogP contribution in [0.3, 0.4) is 0 Å². The average Bonchev–Trinajstić information content (AvgIpc) is 2.25. The minimum Gasteiger partial charge on any atom is -0.339 e. The van der Waals surface area contributed by atoms with Crippen LogP contribution in [0.5, 0.6) is 0 Å². The predicted molar refractivity (Wildman–Crippen MR) is 71.7 cm³/mol. The molecule has 5 heteroatoms. The summed E-state index contributed by atoms with van der Waals surface area (Å²) in [5, 5.41) is 4.36. The zero-order valence-electron chi connectivity index (χ0n) is 8.05. The van der Waals surface area contributed by atoms with Crippen molar-refractivity contribution in [1.29, 1.82) is 0 Å². The second kappa shape index (κ2) is 5.04. The Morgan fingerprint density at radius 3 is 2.44 bits per heavy atom. The Balaban J connectivity index is 2.23. The lowest BCUT2D eigenvalue weighted by molar-refractivity contribution is 1.29. The number of rotatable bonds is 2. The molecule has 0 spiro atoms. The standard InChI is InChI=1S/C11H7BrCl2N2/c12-7-5-10(14)11(15-6-7)16-9-3-1-8(13)2-4-9/h1-6H,(H,15,16). The topological polar surface area (TPSA) is 24.9 Å². The van der Waals surface area contributed by atoms with E-state index in [0.29, 0.717) is 15.9 Å². The smallest absolute Gasteiger partial charge is 0.149 e. The van der Waals surface area contributed by atoms with Crippen LogP contribution < -0.4 is 5.32 Å². The largest absolute Gasteiger partial charge is 0.339 e. The van der Waals surface area contributed by atoms with Crippen LogP contribution >= 0.6 is 39.1 Å². The minimum absolute atomic E-state index is 0.560. The van der Waals surface area contributed by atoms with Crippen molar-refractivity contribution in [2.24, 2.45) is 0 Å². The van der Waals surface area contributed by atoms with Gasteiger partial charge in [0.05, 0.1) is 5.02 Å². The maximum atomic E-state index is 6.03. The van der Waals surface area contributed by atoms with E-state index in [1.54, 1.807) is 24.4 Å². The maximum absolute atomic E-state index is 6.03. The molecule has 0 aliphatic heterocycles. The Kier molecular flexibility index (Phi) is 3.69. The van der Waals surface area contributed by atoms with E-state index < -0.39 is 0 Å². The quantitative estimate of drug-likeness (QED) is 0.852. The molecule has 0 saturated heterocycles. The summed E-state index contributed by atoms with van der Waals surface area (Å²) in [6.07, 6.45) is 1.68. The highest BCUT2D eigenvalue weighted by molar-refractivity contribution is 9.10. The van der Waals surface area contributed by atoms with E-state index in [0.717, 1.165) is 10.2 Å². The molecule has 2 rings (SSSR count). The lowest BCUT2D eigenvalue weighted by atomic mass is 10.3. The van der Waals surface area contributed by atoms with Gasteiger partial charge in [0.15, 0.2) is 0 Å². The summed E-state index contributed by atoms with van der Waals surface area (Å²) in [5.41, 5.74) is 0.890. The number of benzene rings is 1. The Hall–Kier alpha value is -0.770. The van der Waals surface area contributed by atoms with Gasteiger partial charge in [-0.05, 0) is 46.3 Å². The lowest BCUT2D eigenvalue weighted by Crippen LogP contribution is -1.93. The molecule has 0 aliphatic rings. The molecule has 2 nitrogen and oxygen atoms in total. The fourth-order valence-electron chi connectivity index (χ4n) is 1.18. The first kappa shape index (κ1) is 11.7. The fourth-order valence-corrected chi connectivity index (χ4v) is 1.98. The van der Waals surface area contributed by atoms with Gasteiger partial charge in [-0.15, -0.1) is 0 Å². The zero-order chi connectivity index (χ0) is 11.5. The van der Waals surface area contributed by atoms with Gasteiger partial charge in [-0.1, -0.05) is 23.2 Å². The van der Waals surface area contributed by atoms with Crippen molar-refractivity contribution in [2.45, 2.75) is 0 Å². The van der Waals surface area contributed by atoms with Gasteiger partial charge in [0, 0.05) is 21.4 Å². The molecule has 0 unspecified atom stereocenters. The molecule has 0 atom stereocenters. The van der Waals surface area contributed by atoms with Crippen molar-refractivity contribution in [1.82, 2.24) is 4.98 Å². The van der Waals surface area contributed by atoms with E-state index in [4.69, 9.17) is 23.2 Å². The van der Waals surface area contributed by atoms with Crippen LogP contribution in [0.4, 0.5) is 11.5 Å². The van der Waals surface area contributed by atoms with E-state index in [-0.39, 0.29) is 0 Å². The summed E-state index contributed by atoms with van der Waals surface area (Å²) in [6.45, 7) is 0. The number of nitrogens with zero attached hydrogens (tertiary/aromatic N) is 1. The molecule has 0 radical (unpaired) electrons. The van der Waals surface area contributed by atoms with Crippen LogP contribution in [0, 0.1) is 0 Å². The molecule has 82 valence electrons. The molecule has 1 heterocycles. The molecule has 0 fully saturated rings. The van der Waals surface area contributed by atoms with Crippen LogP contribution in [-0.4, -0.2) is 4.98 Å². The molecular formula is C11H7BrCl2N2. The van der Waals surface area contributed by atoms with Gasteiger partial charge < -0.3 is 5.32 Å². The van der Waals surface area contributed by atoms with Gasteiger partial charge in [-0.25, -0.2) is 4.98 Å². The van der Waals surface area contributed by atoms with Crippen molar-refractivity contribution in [3.63, 3.8) is 0 Å². The van der Waals surface area contributed by atoms with Gasteiger partial charge in [0.25, 0.3) is 0 Å². The monoisotopic (exact) mass is 316 g/mol. The highest BCUT2D eigenvalue weighted by Gasteiger charge is 2.02. The number of nitrogens with one attached hydrogen (secondary N) is 1. The van der Waals surface area contributed by atoms with Crippen LogP contribution in [-0.2, 0) is 0 Å². The Morgan fingerprint density at radius 2 is 1.81 bits per heavy atom. The first-order valence-corrected chi connectivity index (χ1v) is 6.04. The molecular weight excluding hydrogens is 311 g/mol. The Morgan fingerprint density at radius 1 is 1.12 bits per heavy atom. The van der Waals surface area contributed by atoms with Gasteiger partial charge in [0.1, 0.15) is 5.82 Å². The zero-order valence-corrected chi connectivity index (χ0v) is 11.1. The SMILES string of the molecule is Clc1ccc(Nc2ncc(Br)cc2Cl)cc1. The molecule has 1 aromatic carbocycles. The summed E-state index contributed by atoms with van der Waals surface area (Å²) in [5.74, 6) is 0.618. The fraction of sp³-hybridized carbons (Fsp3) is 0. The first-order valence-electron chi connectivity index (χ1n) is 4.49. The third-order valence-electron chi connectivity index (χ3n) is 1.91. The highest BCUT2D eigenvalue weighted by Crippen LogP contribution is 2.26. The molecule has 0 aliphatic carbocycles. The maximum Gasteiger partial charge on any atom is 0.149 e. The predicted octanol–water partition coefficient (Wildman–Crippen LogP) is 4.89. The number of anilines is 2. The van der Waals surface area contributed by atoms with Crippen LogP contribution in [0.1, 0.15) is 0 Å². The summed E-state index contributed by atoms with van der Waals surface area (Å²) in [4.78, 5) is 4.17. The van der Waals surface area contributed by atoms with Crippen molar-refractivity contribution < 1.29 is 0 Å². The van der Waals surface area contributed by atoms with E-state index in [1.165, 1.54) is 0 Å². The van der Waals surface area contributed by atoms with Crippen molar-refractivity contribution in [3.8, 4) is 0 Å². The van der Waals surface area contributed by atoms with Crippen LogP contribution in [0.15, 0.2) is 41.0 Å². The normalized spacial score (nSPS) is 10.2. The van der Waals surface area contributed by atoms with Crippen LogP contribution in [0.2, 0.25) is 10.0 Å². The van der Waals surface area contributed by atoms with Crippen molar-refractivity contribution in [3.05, 3.63) is 51.0 Å². The minimum atomic E-state index is 0.560.